The summed E-state index contributed by atoms with van der Waals surface area (Å²) in [4.78, 5) is 10.9. The molecule has 1 aliphatic carbocycles. The van der Waals surface area contributed by atoms with Crippen LogP contribution in [0.25, 0.3) is 0 Å². The highest BCUT2D eigenvalue weighted by Gasteiger charge is 2.37. The van der Waals surface area contributed by atoms with Crippen molar-refractivity contribution in [1.29, 1.82) is 5.26 Å². The first kappa shape index (κ1) is 13.9. The van der Waals surface area contributed by atoms with E-state index in [2.05, 4.69) is 9.46 Å². The van der Waals surface area contributed by atoms with E-state index in [0.29, 0.717) is 12.8 Å². The molecule has 1 fully saturated rings. The largest absolute Gasteiger partial charge is 0.469 e. The zero-order valence-corrected chi connectivity index (χ0v) is 10.5. The van der Waals surface area contributed by atoms with E-state index in [9.17, 15) is 13.2 Å². The second-order valence-electron chi connectivity index (χ2n) is 4.15. The van der Waals surface area contributed by atoms with Crippen LogP contribution in [-0.2, 0) is 19.6 Å². The normalized spacial score (nSPS) is 18.6. The van der Waals surface area contributed by atoms with Crippen LogP contribution in [0.3, 0.4) is 0 Å². The molecule has 0 heterocycles. The molecule has 0 unspecified atom stereocenters. The van der Waals surface area contributed by atoms with Gasteiger partial charge in [0.2, 0.25) is 10.0 Å². The number of nitrogens with one attached hydrogen (secondary N) is 1. The minimum atomic E-state index is -3.61. The van der Waals surface area contributed by atoms with E-state index in [4.69, 9.17) is 5.26 Å². The first-order valence-electron chi connectivity index (χ1n) is 5.43. The third-order valence-corrected chi connectivity index (χ3v) is 4.27. The quantitative estimate of drug-likeness (QED) is 0.717. The number of esters is 1. The lowest BCUT2D eigenvalue weighted by molar-refractivity contribution is -0.140. The lowest BCUT2D eigenvalue weighted by atomic mass is 10.0. The average Bonchev–Trinajstić information content (AvgIpc) is 2.74. The van der Waals surface area contributed by atoms with Gasteiger partial charge in [0.1, 0.15) is 5.54 Å². The second kappa shape index (κ2) is 5.47. The summed E-state index contributed by atoms with van der Waals surface area (Å²) >= 11 is 0. The second-order valence-corrected chi connectivity index (χ2v) is 5.99. The molecule has 0 atom stereocenters. The van der Waals surface area contributed by atoms with Gasteiger partial charge in [-0.25, -0.2) is 8.42 Å². The summed E-state index contributed by atoms with van der Waals surface area (Å²) < 4.78 is 30.2. The highest BCUT2D eigenvalue weighted by atomic mass is 32.2. The van der Waals surface area contributed by atoms with Crippen LogP contribution in [0.1, 0.15) is 32.1 Å². The predicted octanol–water partition coefficient (Wildman–Crippen LogP) is 0.305. The number of nitrogens with zero attached hydrogens (tertiary/aromatic N) is 1. The first-order chi connectivity index (χ1) is 7.93. The molecule has 7 heteroatoms. The predicted molar refractivity (Wildman–Crippen MR) is 60.4 cm³/mol. The first-order valence-corrected chi connectivity index (χ1v) is 7.08. The van der Waals surface area contributed by atoms with Gasteiger partial charge in [0.15, 0.2) is 0 Å². The van der Waals surface area contributed by atoms with Crippen molar-refractivity contribution in [2.24, 2.45) is 0 Å². The van der Waals surface area contributed by atoms with Gasteiger partial charge in [0.25, 0.3) is 0 Å². The van der Waals surface area contributed by atoms with Crippen LogP contribution >= 0.6 is 0 Å². The van der Waals surface area contributed by atoms with Gasteiger partial charge < -0.3 is 4.74 Å². The maximum atomic E-state index is 11.7. The van der Waals surface area contributed by atoms with Gasteiger partial charge in [-0.15, -0.1) is 0 Å². The number of ether oxygens (including phenoxy) is 1. The van der Waals surface area contributed by atoms with Crippen LogP contribution in [0.5, 0.6) is 0 Å². The topological polar surface area (TPSA) is 96.3 Å². The van der Waals surface area contributed by atoms with E-state index in [1.54, 1.807) is 0 Å². The molecule has 96 valence electrons. The molecule has 0 saturated heterocycles. The van der Waals surface area contributed by atoms with Crippen molar-refractivity contribution in [2.45, 2.75) is 37.6 Å². The summed E-state index contributed by atoms with van der Waals surface area (Å²) in [7, 11) is -2.41. The van der Waals surface area contributed by atoms with Gasteiger partial charge in [-0.3, -0.25) is 4.79 Å². The third kappa shape index (κ3) is 3.98. The Hall–Kier alpha value is -1.13. The molecule has 0 spiro atoms. The Kier molecular flexibility index (Phi) is 4.48. The van der Waals surface area contributed by atoms with Crippen molar-refractivity contribution >= 4 is 16.0 Å². The van der Waals surface area contributed by atoms with Gasteiger partial charge >= 0.3 is 5.97 Å². The Labute approximate surface area is 101 Å². The molecule has 1 rings (SSSR count). The number of carbonyl (C=O) groups is 1. The Morgan fingerprint density at radius 1 is 1.47 bits per heavy atom. The number of hydrogen-bond acceptors (Lipinski definition) is 5. The molecule has 1 saturated carbocycles. The van der Waals surface area contributed by atoms with E-state index in [1.807, 2.05) is 6.07 Å². The van der Waals surface area contributed by atoms with E-state index >= 15 is 0 Å². The van der Waals surface area contributed by atoms with Crippen LogP contribution in [0.4, 0.5) is 0 Å². The lowest BCUT2D eigenvalue weighted by Crippen LogP contribution is -2.46. The van der Waals surface area contributed by atoms with Crippen molar-refractivity contribution in [1.82, 2.24) is 4.72 Å². The Morgan fingerprint density at radius 3 is 2.53 bits per heavy atom. The summed E-state index contributed by atoms with van der Waals surface area (Å²) in [6.07, 6.45) is 2.54. The fraction of sp³-hybridized carbons (Fsp3) is 0.800. The van der Waals surface area contributed by atoms with Gasteiger partial charge in [-0.2, -0.15) is 9.98 Å². The standard InChI is InChI=1S/C10H16N2O4S/c1-16-9(13)4-7-17(14,15)12-10(8-11)5-2-3-6-10/h12H,2-7H2,1H3. The Bertz CT molecular complexity index is 418. The molecular weight excluding hydrogens is 244 g/mol. The number of methoxy groups -OCH3 is 1. The fourth-order valence-corrected chi connectivity index (χ4v) is 3.27. The number of carbonyl (C=O) groups excluding carboxylic acids is 1. The van der Waals surface area contributed by atoms with Crippen molar-refractivity contribution in [2.75, 3.05) is 12.9 Å². The third-order valence-electron chi connectivity index (χ3n) is 2.82. The zero-order chi connectivity index (χ0) is 12.9. The Morgan fingerprint density at radius 2 is 2.06 bits per heavy atom. The van der Waals surface area contributed by atoms with Crippen molar-refractivity contribution in [3.05, 3.63) is 0 Å². The van der Waals surface area contributed by atoms with Crippen LogP contribution in [0.2, 0.25) is 0 Å². The van der Waals surface area contributed by atoms with E-state index in [0.717, 1.165) is 12.8 Å². The highest BCUT2D eigenvalue weighted by Crippen LogP contribution is 2.29. The molecular formula is C10H16N2O4S. The summed E-state index contributed by atoms with van der Waals surface area (Å²) in [6.45, 7) is 0. The molecule has 0 aromatic carbocycles. The summed E-state index contributed by atoms with van der Waals surface area (Å²) in [5.74, 6) is -0.920. The number of rotatable bonds is 5. The SMILES string of the molecule is COC(=O)CCS(=O)(=O)NC1(C#N)CCCC1. The van der Waals surface area contributed by atoms with Gasteiger partial charge in [0.05, 0.1) is 25.4 Å². The van der Waals surface area contributed by atoms with Gasteiger partial charge in [-0.05, 0) is 12.8 Å². The molecule has 0 aliphatic heterocycles. The summed E-state index contributed by atoms with van der Waals surface area (Å²) in [5, 5.41) is 9.03. The van der Waals surface area contributed by atoms with Crippen molar-refractivity contribution < 1.29 is 17.9 Å². The maximum absolute atomic E-state index is 11.7. The van der Waals surface area contributed by atoms with E-state index in [-0.39, 0.29) is 12.2 Å². The molecule has 1 N–H and O–H groups in total. The summed E-state index contributed by atoms with van der Waals surface area (Å²) in [5.41, 5.74) is -0.977. The molecule has 0 radical (unpaired) electrons. The monoisotopic (exact) mass is 260 g/mol. The molecule has 1 aliphatic rings. The minimum absolute atomic E-state index is 0.201. The Balaban J connectivity index is 2.60. The maximum Gasteiger partial charge on any atom is 0.306 e. The van der Waals surface area contributed by atoms with Crippen LogP contribution in [-0.4, -0.2) is 32.8 Å². The van der Waals surface area contributed by atoms with Crippen LogP contribution in [0.15, 0.2) is 0 Å². The molecule has 0 amide bonds. The molecule has 0 aromatic rings. The fourth-order valence-electron chi connectivity index (χ4n) is 1.88. The van der Waals surface area contributed by atoms with E-state index in [1.165, 1.54) is 7.11 Å². The van der Waals surface area contributed by atoms with Crippen molar-refractivity contribution in [3.8, 4) is 6.07 Å². The van der Waals surface area contributed by atoms with Crippen LogP contribution < -0.4 is 4.72 Å². The molecule has 6 nitrogen and oxygen atoms in total. The zero-order valence-electron chi connectivity index (χ0n) is 9.73. The number of sulfonamides is 1. The number of nitriles is 1. The van der Waals surface area contributed by atoms with E-state index < -0.39 is 21.5 Å². The molecule has 0 aromatic heterocycles. The summed E-state index contributed by atoms with van der Waals surface area (Å²) in [6, 6.07) is 2.03. The lowest BCUT2D eigenvalue weighted by Gasteiger charge is -2.21. The van der Waals surface area contributed by atoms with Gasteiger partial charge in [0, 0.05) is 0 Å². The van der Waals surface area contributed by atoms with Crippen molar-refractivity contribution in [3.63, 3.8) is 0 Å². The van der Waals surface area contributed by atoms with Gasteiger partial charge in [-0.1, -0.05) is 12.8 Å². The molecule has 0 bridgehead atoms. The number of hydrogen-bond donors (Lipinski definition) is 1. The van der Waals surface area contributed by atoms with Crippen LogP contribution in [0, 0.1) is 11.3 Å². The smallest absolute Gasteiger partial charge is 0.306 e. The highest BCUT2D eigenvalue weighted by molar-refractivity contribution is 7.89. The molecule has 17 heavy (non-hydrogen) atoms. The average molecular weight is 260 g/mol. The minimum Gasteiger partial charge on any atom is -0.469 e.